The highest BCUT2D eigenvalue weighted by Gasteiger charge is 2.16. The third-order valence-electron chi connectivity index (χ3n) is 10.2. The minimum absolute atomic E-state index is 0.622. The molecule has 0 N–H and O–H groups in total. The molecule has 0 amide bonds. The van der Waals surface area contributed by atoms with Gasteiger partial charge in [0.25, 0.3) is 0 Å². The minimum Gasteiger partial charge on any atom is -0.456 e. The van der Waals surface area contributed by atoms with E-state index in [-0.39, 0.29) is 0 Å². The fourth-order valence-electron chi connectivity index (χ4n) is 7.35. The van der Waals surface area contributed by atoms with Gasteiger partial charge < -0.3 is 4.42 Å². The van der Waals surface area contributed by atoms with Gasteiger partial charge in [-0.1, -0.05) is 176 Å². The van der Waals surface area contributed by atoms with E-state index in [2.05, 4.69) is 127 Å². The predicted molar refractivity (Wildman–Crippen MR) is 225 cm³/mol. The average Bonchev–Trinajstić information content (AvgIpc) is 3.66. The number of nitrogens with zero attached hydrogens (tertiary/aromatic N) is 3. The molecule has 0 saturated carbocycles. The topological polar surface area (TPSA) is 51.8 Å². The third-order valence-corrected chi connectivity index (χ3v) is 10.2. The number of fused-ring (bicyclic) bond motifs is 3. The van der Waals surface area contributed by atoms with Gasteiger partial charge in [0, 0.05) is 27.5 Å². The lowest BCUT2D eigenvalue weighted by atomic mass is 9.95. The maximum absolute atomic E-state index is 6.44. The van der Waals surface area contributed by atoms with Crippen molar-refractivity contribution in [3.63, 3.8) is 0 Å². The largest absolute Gasteiger partial charge is 0.456 e. The van der Waals surface area contributed by atoms with Crippen LogP contribution in [0.1, 0.15) is 0 Å². The van der Waals surface area contributed by atoms with Crippen molar-refractivity contribution in [3.05, 3.63) is 200 Å². The van der Waals surface area contributed by atoms with E-state index in [1.165, 1.54) is 22.3 Å². The van der Waals surface area contributed by atoms with E-state index in [1.54, 1.807) is 0 Å². The molecule has 0 saturated heterocycles. The molecule has 8 aromatic carbocycles. The molecule has 0 spiro atoms. The fourth-order valence-corrected chi connectivity index (χ4v) is 7.35. The van der Waals surface area contributed by atoms with Crippen LogP contribution in [0.15, 0.2) is 205 Å². The highest BCUT2D eigenvalue weighted by Crippen LogP contribution is 2.40. The molecule has 0 aliphatic rings. The van der Waals surface area contributed by atoms with Gasteiger partial charge in [-0.25, -0.2) is 15.0 Å². The SMILES string of the molecule is c1ccc(-c2ccc(-c3ccc(-c4ccc5oc6cccc(-c7cccc(-c8nc(-c9ccccc9)nc(-c9ccccc9)n8)c7)c6c5c4)cc3)cc2)cc1. The zero-order valence-corrected chi connectivity index (χ0v) is 29.8. The van der Waals surface area contributed by atoms with Crippen molar-refractivity contribution >= 4 is 21.9 Å². The Morgan fingerprint density at radius 2 is 0.691 bits per heavy atom. The Hall–Kier alpha value is -7.43. The zero-order chi connectivity index (χ0) is 36.6. The molecule has 0 aliphatic carbocycles. The Kier molecular flexibility index (Phi) is 8.12. The van der Waals surface area contributed by atoms with Gasteiger partial charge in [-0.15, -0.1) is 0 Å². The summed E-state index contributed by atoms with van der Waals surface area (Å²) in [5.74, 6) is 1.90. The first-order valence-corrected chi connectivity index (χ1v) is 18.4. The van der Waals surface area contributed by atoms with Crippen LogP contribution in [0.2, 0.25) is 0 Å². The van der Waals surface area contributed by atoms with Crippen molar-refractivity contribution in [2.45, 2.75) is 0 Å². The highest BCUT2D eigenvalue weighted by atomic mass is 16.3. The quantitative estimate of drug-likeness (QED) is 0.166. The van der Waals surface area contributed by atoms with Gasteiger partial charge in [0.1, 0.15) is 11.2 Å². The summed E-state index contributed by atoms with van der Waals surface area (Å²) in [4.78, 5) is 14.8. The lowest BCUT2D eigenvalue weighted by Crippen LogP contribution is -2.00. The molecule has 0 unspecified atom stereocenters. The predicted octanol–water partition coefficient (Wildman–Crippen LogP) is 13.4. The van der Waals surface area contributed by atoms with Gasteiger partial charge in [-0.2, -0.15) is 0 Å². The number of aromatic nitrogens is 3. The highest BCUT2D eigenvalue weighted by molar-refractivity contribution is 6.13. The Morgan fingerprint density at radius 3 is 1.25 bits per heavy atom. The van der Waals surface area contributed by atoms with E-state index < -0.39 is 0 Å². The summed E-state index contributed by atoms with van der Waals surface area (Å²) in [5.41, 5.74) is 13.8. The Morgan fingerprint density at radius 1 is 0.273 bits per heavy atom. The third kappa shape index (κ3) is 6.26. The molecular formula is C51H33N3O. The normalized spacial score (nSPS) is 11.3. The van der Waals surface area contributed by atoms with Crippen LogP contribution >= 0.6 is 0 Å². The van der Waals surface area contributed by atoms with Crippen LogP contribution in [-0.4, -0.2) is 15.0 Å². The van der Waals surface area contributed by atoms with Crippen molar-refractivity contribution in [3.8, 4) is 78.7 Å². The molecule has 0 radical (unpaired) electrons. The van der Waals surface area contributed by atoms with Gasteiger partial charge in [0.15, 0.2) is 17.5 Å². The summed E-state index contributed by atoms with van der Waals surface area (Å²) in [5, 5.41) is 2.16. The molecule has 0 aliphatic heterocycles. The van der Waals surface area contributed by atoms with Gasteiger partial charge >= 0.3 is 0 Å². The molecule has 4 heteroatoms. The van der Waals surface area contributed by atoms with Crippen LogP contribution in [0.5, 0.6) is 0 Å². The van der Waals surface area contributed by atoms with Crippen LogP contribution in [0, 0.1) is 0 Å². The minimum atomic E-state index is 0.622. The first-order chi connectivity index (χ1) is 27.2. The molecule has 2 heterocycles. The summed E-state index contributed by atoms with van der Waals surface area (Å²) in [7, 11) is 0. The van der Waals surface area contributed by atoms with E-state index in [1.807, 2.05) is 72.8 Å². The maximum atomic E-state index is 6.44. The lowest BCUT2D eigenvalue weighted by Gasteiger charge is -2.10. The van der Waals surface area contributed by atoms with E-state index >= 15 is 0 Å². The number of benzene rings is 8. The molecule has 10 aromatic rings. The molecular weight excluding hydrogens is 671 g/mol. The molecule has 4 nitrogen and oxygen atoms in total. The van der Waals surface area contributed by atoms with Crippen molar-refractivity contribution in [2.24, 2.45) is 0 Å². The molecule has 0 bridgehead atoms. The summed E-state index contributed by atoms with van der Waals surface area (Å²) >= 11 is 0. The smallest absolute Gasteiger partial charge is 0.164 e. The van der Waals surface area contributed by atoms with Crippen LogP contribution < -0.4 is 0 Å². The Labute approximate surface area is 319 Å². The van der Waals surface area contributed by atoms with Gasteiger partial charge in [-0.3, -0.25) is 0 Å². The van der Waals surface area contributed by atoms with E-state index in [0.29, 0.717) is 17.5 Å². The first-order valence-electron chi connectivity index (χ1n) is 18.4. The second-order valence-corrected chi connectivity index (χ2v) is 13.6. The second kappa shape index (κ2) is 13.8. The van der Waals surface area contributed by atoms with Crippen LogP contribution in [0.3, 0.4) is 0 Å². The molecule has 258 valence electrons. The number of rotatable bonds is 7. The molecule has 0 atom stereocenters. The maximum Gasteiger partial charge on any atom is 0.164 e. The summed E-state index contributed by atoms with van der Waals surface area (Å²) in [6.07, 6.45) is 0. The van der Waals surface area contributed by atoms with Gasteiger partial charge in [-0.05, 0) is 68.8 Å². The standard InChI is InChI=1S/C51H33N3O/c1-4-12-34(13-5-1)35-22-24-36(25-23-35)37-26-28-38(29-27-37)41-30-31-46-45(33-41)48-44(20-11-21-47(48)55-46)42-18-10-19-43(32-42)51-53-49(39-14-6-2-7-15-39)52-50(54-51)40-16-8-3-9-17-40/h1-33H. The van der Waals surface area contributed by atoms with E-state index in [0.717, 1.165) is 60.9 Å². The van der Waals surface area contributed by atoms with Gasteiger partial charge in [0.05, 0.1) is 0 Å². The first kappa shape index (κ1) is 32.2. The number of hydrogen-bond donors (Lipinski definition) is 0. The molecule has 2 aromatic heterocycles. The lowest BCUT2D eigenvalue weighted by molar-refractivity contribution is 0.669. The van der Waals surface area contributed by atoms with Crippen LogP contribution in [0.25, 0.3) is 101 Å². The van der Waals surface area contributed by atoms with Crippen LogP contribution in [0.4, 0.5) is 0 Å². The average molecular weight is 704 g/mol. The van der Waals surface area contributed by atoms with E-state index in [9.17, 15) is 0 Å². The van der Waals surface area contributed by atoms with Crippen molar-refractivity contribution in [1.29, 1.82) is 0 Å². The summed E-state index contributed by atoms with van der Waals surface area (Å²) in [6, 6.07) is 69.4. The van der Waals surface area contributed by atoms with Crippen molar-refractivity contribution < 1.29 is 4.42 Å². The second-order valence-electron chi connectivity index (χ2n) is 13.6. The van der Waals surface area contributed by atoms with Crippen molar-refractivity contribution in [2.75, 3.05) is 0 Å². The number of furan rings is 1. The van der Waals surface area contributed by atoms with Gasteiger partial charge in [0.2, 0.25) is 0 Å². The van der Waals surface area contributed by atoms with Crippen molar-refractivity contribution in [1.82, 2.24) is 15.0 Å². The molecule has 10 rings (SSSR count). The zero-order valence-electron chi connectivity index (χ0n) is 29.8. The Bertz CT molecular complexity index is 2880. The van der Waals surface area contributed by atoms with E-state index in [4.69, 9.17) is 19.4 Å². The summed E-state index contributed by atoms with van der Waals surface area (Å²) < 4.78 is 6.44. The molecule has 55 heavy (non-hydrogen) atoms. The number of hydrogen-bond acceptors (Lipinski definition) is 4. The Balaban J connectivity index is 1.01. The van der Waals surface area contributed by atoms with Crippen LogP contribution in [-0.2, 0) is 0 Å². The molecule has 0 fully saturated rings. The fraction of sp³-hybridized carbons (Fsp3) is 0. The summed E-state index contributed by atoms with van der Waals surface area (Å²) in [6.45, 7) is 0. The monoisotopic (exact) mass is 703 g/mol.